The first-order valence-corrected chi connectivity index (χ1v) is 7.04. The number of carbonyl (C=O) groups excluding carboxylic acids is 1. The van der Waals surface area contributed by atoms with E-state index in [0.717, 1.165) is 31.4 Å². The van der Waals surface area contributed by atoms with Gasteiger partial charge in [-0.15, -0.1) is 0 Å². The van der Waals surface area contributed by atoms with Gasteiger partial charge in [-0.3, -0.25) is 4.90 Å². The van der Waals surface area contributed by atoms with E-state index in [1.54, 1.807) is 4.90 Å². The molecule has 1 aromatic rings. The van der Waals surface area contributed by atoms with E-state index in [2.05, 4.69) is 6.92 Å². The van der Waals surface area contributed by atoms with Crippen LogP contribution in [0, 0.1) is 0 Å². The second-order valence-corrected chi connectivity index (χ2v) is 5.01. The van der Waals surface area contributed by atoms with E-state index in [0.29, 0.717) is 12.3 Å². The molecule has 0 unspecified atom stereocenters. The summed E-state index contributed by atoms with van der Waals surface area (Å²) in [6.45, 7) is 2.57. The number of amides is 1. The maximum atomic E-state index is 12.2. The van der Waals surface area contributed by atoms with Gasteiger partial charge in [0.1, 0.15) is 0 Å². The molecular weight excluding hydrogens is 240 g/mol. The zero-order valence-electron chi connectivity index (χ0n) is 11.5. The Morgan fingerprint density at radius 3 is 2.58 bits per heavy atom. The van der Waals surface area contributed by atoms with E-state index in [9.17, 15) is 4.79 Å². The van der Waals surface area contributed by atoms with Crippen molar-refractivity contribution in [2.24, 2.45) is 0 Å². The molecule has 0 radical (unpaired) electrons. The van der Waals surface area contributed by atoms with E-state index in [1.165, 1.54) is 6.42 Å². The predicted molar refractivity (Wildman–Crippen MR) is 77.2 cm³/mol. The molecule has 0 bridgehead atoms. The summed E-state index contributed by atoms with van der Waals surface area (Å²) in [5.41, 5.74) is 7.27. The predicted octanol–water partition coefficient (Wildman–Crippen LogP) is 3.56. The zero-order chi connectivity index (χ0) is 13.7. The number of carbonyl (C=O) groups is 1. The van der Waals surface area contributed by atoms with Crippen molar-refractivity contribution >= 4 is 17.5 Å². The Labute approximate surface area is 114 Å². The summed E-state index contributed by atoms with van der Waals surface area (Å²) in [6.07, 6.45) is 4.98. The number of nitrogens with zero attached hydrogens (tertiary/aromatic N) is 1. The summed E-state index contributed by atoms with van der Waals surface area (Å²) >= 11 is 0. The number of benzene rings is 1. The lowest BCUT2D eigenvalue weighted by atomic mass is 9.91. The number of hydrogen-bond donors (Lipinski definition) is 1. The molecule has 0 aromatic heterocycles. The fraction of sp³-hybridized carbons (Fsp3) is 0.533. The normalized spacial score (nSPS) is 14.8. The first-order chi connectivity index (χ1) is 9.22. The molecule has 2 N–H and O–H groups in total. The lowest BCUT2D eigenvalue weighted by Gasteiger charge is -2.36. The molecule has 1 saturated carbocycles. The number of nitrogens with two attached hydrogens (primary N) is 1. The van der Waals surface area contributed by atoms with Crippen LogP contribution in [0.5, 0.6) is 0 Å². The van der Waals surface area contributed by atoms with Gasteiger partial charge in [-0.25, -0.2) is 4.79 Å². The molecule has 2 rings (SSSR count). The van der Waals surface area contributed by atoms with E-state index < -0.39 is 0 Å². The Hall–Kier alpha value is -1.71. The largest absolute Gasteiger partial charge is 0.449 e. The average molecular weight is 262 g/mol. The fourth-order valence-electron chi connectivity index (χ4n) is 2.12. The van der Waals surface area contributed by atoms with Gasteiger partial charge in [0, 0.05) is 17.4 Å². The summed E-state index contributed by atoms with van der Waals surface area (Å²) in [4.78, 5) is 14.0. The summed E-state index contributed by atoms with van der Waals surface area (Å²) < 4.78 is 5.34. The van der Waals surface area contributed by atoms with Gasteiger partial charge >= 0.3 is 6.09 Å². The van der Waals surface area contributed by atoms with Crippen LogP contribution in [0.25, 0.3) is 0 Å². The van der Waals surface area contributed by atoms with Crippen molar-refractivity contribution in [3.8, 4) is 0 Å². The number of anilines is 2. The van der Waals surface area contributed by atoms with Crippen molar-refractivity contribution in [2.75, 3.05) is 17.2 Å². The SMILES string of the molecule is CCCCOC(=O)N(c1ccc(N)cc1)C1CCC1. The lowest BCUT2D eigenvalue weighted by molar-refractivity contribution is 0.145. The minimum Gasteiger partial charge on any atom is -0.449 e. The second-order valence-electron chi connectivity index (χ2n) is 5.01. The molecule has 1 aromatic carbocycles. The third kappa shape index (κ3) is 3.40. The van der Waals surface area contributed by atoms with Gasteiger partial charge in [-0.05, 0) is 49.9 Å². The molecular formula is C15H22N2O2. The molecule has 104 valence electrons. The maximum Gasteiger partial charge on any atom is 0.414 e. The van der Waals surface area contributed by atoms with Crippen molar-refractivity contribution in [3.63, 3.8) is 0 Å². The van der Waals surface area contributed by atoms with Crippen LogP contribution in [-0.2, 0) is 4.74 Å². The van der Waals surface area contributed by atoms with Crippen LogP contribution in [-0.4, -0.2) is 18.7 Å². The smallest absolute Gasteiger partial charge is 0.414 e. The topological polar surface area (TPSA) is 55.6 Å². The molecule has 1 amide bonds. The van der Waals surface area contributed by atoms with Gasteiger partial charge in [-0.2, -0.15) is 0 Å². The van der Waals surface area contributed by atoms with Gasteiger partial charge < -0.3 is 10.5 Å². The highest BCUT2D eigenvalue weighted by Gasteiger charge is 2.31. The third-order valence-electron chi connectivity index (χ3n) is 3.53. The van der Waals surface area contributed by atoms with Crippen molar-refractivity contribution in [1.82, 2.24) is 0 Å². The van der Waals surface area contributed by atoms with Crippen molar-refractivity contribution in [3.05, 3.63) is 24.3 Å². The number of nitrogen functional groups attached to an aromatic ring is 1. The first kappa shape index (κ1) is 13.7. The molecule has 0 aliphatic heterocycles. The van der Waals surface area contributed by atoms with Gasteiger partial charge in [0.15, 0.2) is 0 Å². The average Bonchev–Trinajstić information content (AvgIpc) is 2.35. The van der Waals surface area contributed by atoms with Crippen LogP contribution in [0.2, 0.25) is 0 Å². The zero-order valence-corrected chi connectivity index (χ0v) is 11.5. The fourth-order valence-corrected chi connectivity index (χ4v) is 2.12. The van der Waals surface area contributed by atoms with Crippen LogP contribution >= 0.6 is 0 Å². The molecule has 1 aliphatic carbocycles. The highest BCUT2D eigenvalue weighted by atomic mass is 16.6. The third-order valence-corrected chi connectivity index (χ3v) is 3.53. The van der Waals surface area contributed by atoms with Crippen molar-refractivity contribution in [2.45, 2.75) is 45.1 Å². The van der Waals surface area contributed by atoms with E-state index in [4.69, 9.17) is 10.5 Å². The molecule has 1 aliphatic rings. The van der Waals surface area contributed by atoms with Gasteiger partial charge in [0.2, 0.25) is 0 Å². The number of ether oxygens (including phenoxy) is 1. The Kier molecular flexibility index (Phi) is 4.66. The standard InChI is InChI=1S/C15H22N2O2/c1-2-3-11-19-15(18)17(13-5-4-6-13)14-9-7-12(16)8-10-14/h7-10,13H,2-6,11,16H2,1H3. The molecule has 1 fully saturated rings. The molecule has 0 spiro atoms. The molecule has 4 heteroatoms. The molecule has 19 heavy (non-hydrogen) atoms. The van der Waals surface area contributed by atoms with Crippen LogP contribution < -0.4 is 10.6 Å². The number of rotatable bonds is 5. The minimum atomic E-state index is -0.233. The number of unbranched alkanes of at least 4 members (excludes halogenated alkanes) is 1. The Morgan fingerprint density at radius 1 is 1.37 bits per heavy atom. The van der Waals surface area contributed by atoms with Gasteiger partial charge in [0.25, 0.3) is 0 Å². The summed E-state index contributed by atoms with van der Waals surface area (Å²) in [6, 6.07) is 7.68. The van der Waals surface area contributed by atoms with Crippen molar-refractivity contribution < 1.29 is 9.53 Å². The van der Waals surface area contributed by atoms with E-state index in [-0.39, 0.29) is 12.1 Å². The molecule has 0 saturated heterocycles. The summed E-state index contributed by atoms with van der Waals surface area (Å²) in [5.74, 6) is 0. The summed E-state index contributed by atoms with van der Waals surface area (Å²) in [5, 5.41) is 0. The Morgan fingerprint density at radius 2 is 2.05 bits per heavy atom. The van der Waals surface area contributed by atoms with Crippen LogP contribution in [0.4, 0.5) is 16.2 Å². The van der Waals surface area contributed by atoms with Crippen LogP contribution in [0.15, 0.2) is 24.3 Å². The van der Waals surface area contributed by atoms with E-state index >= 15 is 0 Å². The quantitative estimate of drug-likeness (QED) is 0.652. The number of hydrogen-bond acceptors (Lipinski definition) is 3. The molecule has 0 atom stereocenters. The summed E-state index contributed by atoms with van der Waals surface area (Å²) in [7, 11) is 0. The molecule has 0 heterocycles. The Balaban J connectivity index is 2.07. The van der Waals surface area contributed by atoms with Crippen LogP contribution in [0.1, 0.15) is 39.0 Å². The monoisotopic (exact) mass is 262 g/mol. The minimum absolute atomic E-state index is 0.233. The highest BCUT2D eigenvalue weighted by molar-refractivity contribution is 5.88. The highest BCUT2D eigenvalue weighted by Crippen LogP contribution is 2.30. The molecule has 4 nitrogen and oxygen atoms in total. The second kappa shape index (κ2) is 6.45. The maximum absolute atomic E-state index is 12.2. The van der Waals surface area contributed by atoms with Crippen molar-refractivity contribution in [1.29, 1.82) is 0 Å². The van der Waals surface area contributed by atoms with Crippen LogP contribution in [0.3, 0.4) is 0 Å². The van der Waals surface area contributed by atoms with Gasteiger partial charge in [0.05, 0.1) is 6.61 Å². The van der Waals surface area contributed by atoms with E-state index in [1.807, 2.05) is 24.3 Å². The Bertz CT molecular complexity index is 413. The first-order valence-electron chi connectivity index (χ1n) is 7.04. The van der Waals surface area contributed by atoms with Gasteiger partial charge in [-0.1, -0.05) is 13.3 Å². The lowest BCUT2D eigenvalue weighted by Crippen LogP contribution is -2.44.